The Balaban J connectivity index is 1.60. The largest absolute Gasteiger partial charge is 0.490 e. The molecule has 1 aliphatic heterocycles. The maximum absolute atomic E-state index is 13.3. The number of anilines is 1. The van der Waals surface area contributed by atoms with Crippen LogP contribution in [-0.2, 0) is 16.2 Å². The second kappa shape index (κ2) is 10.8. The Morgan fingerprint density at radius 3 is 2.40 bits per heavy atom. The Morgan fingerprint density at radius 1 is 1.00 bits per heavy atom. The molecule has 1 fully saturated rings. The molecule has 6 nitrogen and oxygen atoms in total. The van der Waals surface area contributed by atoms with E-state index in [0.29, 0.717) is 36.0 Å². The van der Waals surface area contributed by atoms with Crippen molar-refractivity contribution in [1.29, 1.82) is 0 Å². The minimum Gasteiger partial charge on any atom is -0.490 e. The summed E-state index contributed by atoms with van der Waals surface area (Å²) in [5, 5.41) is 2.44. The van der Waals surface area contributed by atoms with Crippen LogP contribution in [0.1, 0.15) is 18.1 Å². The van der Waals surface area contributed by atoms with Gasteiger partial charge in [0.2, 0.25) is 0 Å². The van der Waals surface area contributed by atoms with E-state index < -0.39 is 17.6 Å². The van der Waals surface area contributed by atoms with Gasteiger partial charge in [-0.3, -0.25) is 19.8 Å². The first-order chi connectivity index (χ1) is 16.9. The van der Waals surface area contributed by atoms with Crippen molar-refractivity contribution in [3.63, 3.8) is 0 Å². The smallest absolute Gasteiger partial charge is 0.270 e. The monoisotopic (exact) mass is 554 g/mol. The molecular weight excluding hydrogens is 535 g/mol. The molecule has 0 atom stereocenters. The van der Waals surface area contributed by atoms with Crippen molar-refractivity contribution in [1.82, 2.24) is 5.32 Å². The van der Waals surface area contributed by atoms with E-state index in [0.717, 1.165) is 14.9 Å². The highest BCUT2D eigenvalue weighted by molar-refractivity contribution is 9.10. The molecule has 0 radical (unpaired) electrons. The van der Waals surface area contributed by atoms with Crippen LogP contribution in [0.3, 0.4) is 0 Å². The minimum atomic E-state index is -0.619. The van der Waals surface area contributed by atoms with Crippen LogP contribution in [0, 0.1) is 5.82 Å². The Bertz CT molecular complexity index is 1310. The van der Waals surface area contributed by atoms with Crippen LogP contribution in [0.2, 0.25) is 0 Å². The lowest BCUT2D eigenvalue weighted by Crippen LogP contribution is -2.54. The van der Waals surface area contributed by atoms with Gasteiger partial charge >= 0.3 is 0 Å². The molecule has 0 bridgehead atoms. The molecule has 3 aromatic rings. The number of hydrogen-bond acceptors (Lipinski definition) is 5. The maximum Gasteiger partial charge on any atom is 0.270 e. The number of halogens is 2. The highest BCUT2D eigenvalue weighted by Gasteiger charge is 2.34. The number of thiocarbonyl (C=S) groups is 1. The van der Waals surface area contributed by atoms with Gasteiger partial charge in [0.25, 0.3) is 11.8 Å². The lowest BCUT2D eigenvalue weighted by molar-refractivity contribution is -0.122. The zero-order valence-corrected chi connectivity index (χ0v) is 21.0. The van der Waals surface area contributed by atoms with Crippen molar-refractivity contribution in [2.75, 3.05) is 11.5 Å². The predicted octanol–water partition coefficient (Wildman–Crippen LogP) is 5.40. The van der Waals surface area contributed by atoms with Crippen molar-refractivity contribution in [2.45, 2.75) is 13.5 Å². The average Bonchev–Trinajstić information content (AvgIpc) is 2.83. The molecule has 9 heteroatoms. The second-order valence-electron chi connectivity index (χ2n) is 7.49. The van der Waals surface area contributed by atoms with E-state index in [9.17, 15) is 14.0 Å². The third-order valence-electron chi connectivity index (χ3n) is 5.07. The lowest BCUT2D eigenvalue weighted by atomic mass is 10.1. The van der Waals surface area contributed by atoms with Crippen molar-refractivity contribution in [3.8, 4) is 11.5 Å². The molecule has 0 aliphatic carbocycles. The summed E-state index contributed by atoms with van der Waals surface area (Å²) in [7, 11) is 0. The topological polar surface area (TPSA) is 67.9 Å². The summed E-state index contributed by atoms with van der Waals surface area (Å²) in [6.07, 6.45) is 1.46. The minimum absolute atomic E-state index is 0.0737. The highest BCUT2D eigenvalue weighted by Crippen LogP contribution is 2.31. The summed E-state index contributed by atoms with van der Waals surface area (Å²) >= 11 is 8.59. The molecule has 2 amide bonds. The van der Waals surface area contributed by atoms with E-state index in [1.165, 1.54) is 30.3 Å². The van der Waals surface area contributed by atoms with Crippen molar-refractivity contribution < 1.29 is 23.5 Å². The number of amides is 2. The number of nitrogens with one attached hydrogen (secondary N) is 1. The molecule has 1 heterocycles. The summed E-state index contributed by atoms with van der Waals surface area (Å²) in [5.41, 5.74) is 1.78. The van der Waals surface area contributed by atoms with Crippen molar-refractivity contribution in [3.05, 3.63) is 93.7 Å². The average molecular weight is 555 g/mol. The van der Waals surface area contributed by atoms with Gasteiger partial charge in [0, 0.05) is 4.47 Å². The van der Waals surface area contributed by atoms with Gasteiger partial charge in [0.1, 0.15) is 18.0 Å². The van der Waals surface area contributed by atoms with Gasteiger partial charge in [-0.1, -0.05) is 34.1 Å². The Kier molecular flexibility index (Phi) is 7.57. The molecule has 1 aliphatic rings. The molecule has 1 N–H and O–H groups in total. The fourth-order valence-electron chi connectivity index (χ4n) is 3.39. The number of rotatable bonds is 7. The molecule has 0 aromatic heterocycles. The molecule has 0 saturated carbocycles. The van der Waals surface area contributed by atoms with Gasteiger partial charge in [0.15, 0.2) is 16.6 Å². The molecule has 0 spiro atoms. The van der Waals surface area contributed by atoms with Gasteiger partial charge in [-0.2, -0.15) is 0 Å². The molecule has 35 heavy (non-hydrogen) atoms. The molecular formula is C26H20BrFN2O4S. The maximum atomic E-state index is 13.3. The van der Waals surface area contributed by atoms with E-state index in [-0.39, 0.29) is 10.7 Å². The van der Waals surface area contributed by atoms with Gasteiger partial charge in [-0.25, -0.2) is 4.39 Å². The zero-order chi connectivity index (χ0) is 24.9. The summed E-state index contributed by atoms with van der Waals surface area (Å²) in [5.74, 6) is -0.667. The Labute approximate surface area is 215 Å². The normalized spacial score (nSPS) is 14.8. The molecule has 4 rings (SSSR count). The zero-order valence-electron chi connectivity index (χ0n) is 18.6. The SMILES string of the molecule is CCOc1cc(/C=C2/C(=O)NC(=S)N(c3ccc(F)cc3)C2=O)ccc1OCc1ccc(Br)cc1. The van der Waals surface area contributed by atoms with Crippen LogP contribution in [0.25, 0.3) is 6.08 Å². The second-order valence-corrected chi connectivity index (χ2v) is 8.79. The lowest BCUT2D eigenvalue weighted by Gasteiger charge is -2.28. The van der Waals surface area contributed by atoms with Gasteiger partial charge in [0.05, 0.1) is 12.3 Å². The molecule has 178 valence electrons. The summed E-state index contributed by atoms with van der Waals surface area (Å²) in [4.78, 5) is 26.9. The molecule has 1 saturated heterocycles. The first kappa shape index (κ1) is 24.6. The molecule has 3 aromatic carbocycles. The summed E-state index contributed by atoms with van der Waals surface area (Å²) in [6.45, 7) is 2.60. The van der Waals surface area contributed by atoms with Crippen molar-refractivity contribution in [2.24, 2.45) is 0 Å². The van der Waals surface area contributed by atoms with Crippen LogP contribution in [0.4, 0.5) is 10.1 Å². The number of benzene rings is 3. The van der Waals surface area contributed by atoms with Crippen LogP contribution in [0.15, 0.2) is 76.8 Å². The Hall–Kier alpha value is -3.56. The number of carbonyl (C=O) groups is 2. The first-order valence-electron chi connectivity index (χ1n) is 10.7. The van der Waals surface area contributed by atoms with Gasteiger partial charge in [-0.05, 0) is 84.9 Å². The third kappa shape index (κ3) is 5.75. The van der Waals surface area contributed by atoms with Crippen LogP contribution in [0.5, 0.6) is 11.5 Å². The predicted molar refractivity (Wildman–Crippen MR) is 139 cm³/mol. The Morgan fingerprint density at radius 2 is 1.71 bits per heavy atom. The van der Waals surface area contributed by atoms with Crippen molar-refractivity contribution >= 4 is 56.8 Å². The van der Waals surface area contributed by atoms with E-state index >= 15 is 0 Å². The van der Waals surface area contributed by atoms with Crippen LogP contribution in [-0.4, -0.2) is 23.5 Å². The fourth-order valence-corrected chi connectivity index (χ4v) is 3.94. The van der Waals surface area contributed by atoms with Gasteiger partial charge in [-0.15, -0.1) is 0 Å². The number of carbonyl (C=O) groups excluding carboxylic acids is 2. The van der Waals surface area contributed by atoms with E-state index in [2.05, 4.69) is 21.2 Å². The number of nitrogens with zero attached hydrogens (tertiary/aromatic N) is 1. The van der Waals surface area contributed by atoms with Crippen LogP contribution < -0.4 is 19.7 Å². The van der Waals surface area contributed by atoms with E-state index in [1.807, 2.05) is 31.2 Å². The fraction of sp³-hybridized carbons (Fsp3) is 0.115. The number of hydrogen-bond donors (Lipinski definition) is 1. The standard InChI is InChI=1S/C26H20BrFN2O4S/c1-2-33-23-14-17(5-12-22(23)34-15-16-3-6-18(27)7-4-16)13-21-24(31)29-26(35)30(25(21)32)20-10-8-19(28)9-11-20/h3-14H,2,15H2,1H3,(H,29,31,35)/b21-13-. The molecule has 0 unspecified atom stereocenters. The van der Waals surface area contributed by atoms with Crippen LogP contribution >= 0.6 is 28.1 Å². The van der Waals surface area contributed by atoms with E-state index in [4.69, 9.17) is 21.7 Å². The quantitative estimate of drug-likeness (QED) is 0.241. The summed E-state index contributed by atoms with van der Waals surface area (Å²) < 4.78 is 26.0. The third-order valence-corrected chi connectivity index (χ3v) is 5.89. The number of ether oxygens (including phenoxy) is 2. The highest BCUT2D eigenvalue weighted by atomic mass is 79.9. The van der Waals surface area contributed by atoms with E-state index in [1.54, 1.807) is 18.2 Å². The first-order valence-corrected chi connectivity index (χ1v) is 11.9. The van der Waals surface area contributed by atoms with Gasteiger partial charge < -0.3 is 9.47 Å². The summed E-state index contributed by atoms with van der Waals surface area (Å²) in [6, 6.07) is 18.2.